The van der Waals surface area contributed by atoms with Gasteiger partial charge in [-0.15, -0.1) is 0 Å². The van der Waals surface area contributed by atoms with Crippen LogP contribution < -0.4 is 10.1 Å². The summed E-state index contributed by atoms with van der Waals surface area (Å²) in [4.78, 5) is 4.27. The first kappa shape index (κ1) is 13.2. The predicted octanol–water partition coefficient (Wildman–Crippen LogP) is 3.09. The van der Waals surface area contributed by atoms with Gasteiger partial charge in [0.05, 0.1) is 19.0 Å². The van der Waals surface area contributed by atoms with Gasteiger partial charge in [-0.2, -0.15) is 5.10 Å². The van der Waals surface area contributed by atoms with E-state index in [0.29, 0.717) is 0 Å². The first-order valence-electron chi connectivity index (χ1n) is 6.68. The molecule has 0 fully saturated rings. The lowest BCUT2D eigenvalue weighted by atomic mass is 10.1. The second kappa shape index (κ2) is 6.09. The van der Waals surface area contributed by atoms with E-state index in [1.54, 1.807) is 19.5 Å². The third-order valence-corrected chi connectivity index (χ3v) is 3.21. The summed E-state index contributed by atoms with van der Waals surface area (Å²) in [6.45, 7) is 0.725. The highest BCUT2D eigenvalue weighted by molar-refractivity contribution is 5.58. The van der Waals surface area contributed by atoms with Gasteiger partial charge in [0.1, 0.15) is 11.6 Å². The molecule has 21 heavy (non-hydrogen) atoms. The summed E-state index contributed by atoms with van der Waals surface area (Å²) in [5.74, 6) is 1.58. The van der Waals surface area contributed by atoms with Crippen LogP contribution in [0, 0.1) is 0 Å². The number of benzene rings is 1. The van der Waals surface area contributed by atoms with Crippen LogP contribution in [0.15, 0.2) is 54.9 Å². The molecule has 0 aliphatic rings. The van der Waals surface area contributed by atoms with Gasteiger partial charge in [0.25, 0.3) is 0 Å². The number of hydrogen-bond acceptors (Lipinski definition) is 4. The van der Waals surface area contributed by atoms with Crippen LogP contribution >= 0.6 is 0 Å². The van der Waals surface area contributed by atoms with E-state index in [9.17, 15) is 0 Å². The first-order chi connectivity index (χ1) is 10.3. The van der Waals surface area contributed by atoms with Gasteiger partial charge in [-0.1, -0.05) is 24.3 Å². The molecule has 0 aliphatic heterocycles. The molecule has 0 aliphatic carbocycles. The number of rotatable bonds is 5. The molecule has 0 spiro atoms. The highest BCUT2D eigenvalue weighted by atomic mass is 16.5. The molecular formula is C16H16N4O. The number of nitrogens with one attached hydrogen (secondary N) is 2. The van der Waals surface area contributed by atoms with Crippen molar-refractivity contribution in [1.82, 2.24) is 15.2 Å². The minimum absolute atomic E-state index is 0.725. The molecule has 2 aromatic heterocycles. The molecule has 0 unspecified atom stereocenters. The van der Waals surface area contributed by atoms with E-state index in [1.165, 1.54) is 5.56 Å². The lowest BCUT2D eigenvalue weighted by Gasteiger charge is -2.07. The number of nitrogens with zero attached hydrogens (tertiary/aromatic N) is 2. The normalized spacial score (nSPS) is 10.3. The average Bonchev–Trinajstić information content (AvgIpc) is 3.08. The second-order valence-corrected chi connectivity index (χ2v) is 4.60. The van der Waals surface area contributed by atoms with Crippen LogP contribution in [-0.4, -0.2) is 22.3 Å². The topological polar surface area (TPSA) is 62.8 Å². The Balaban J connectivity index is 1.62. The monoisotopic (exact) mass is 280 g/mol. The van der Waals surface area contributed by atoms with Crippen LogP contribution in [0.3, 0.4) is 0 Å². The van der Waals surface area contributed by atoms with E-state index in [1.807, 2.05) is 18.2 Å². The molecule has 0 bridgehead atoms. The largest absolute Gasteiger partial charge is 0.495 e. The van der Waals surface area contributed by atoms with Gasteiger partial charge in [-0.05, 0) is 29.3 Å². The number of H-pyrrole nitrogens is 1. The van der Waals surface area contributed by atoms with Crippen molar-refractivity contribution >= 4 is 5.82 Å². The maximum Gasteiger partial charge on any atom is 0.137 e. The molecule has 3 rings (SSSR count). The summed E-state index contributed by atoms with van der Waals surface area (Å²) in [7, 11) is 1.63. The number of aromatic amines is 1. The van der Waals surface area contributed by atoms with Gasteiger partial charge in [-0.3, -0.25) is 5.10 Å². The Morgan fingerprint density at radius 1 is 1.10 bits per heavy atom. The van der Waals surface area contributed by atoms with E-state index in [4.69, 9.17) is 4.74 Å². The molecule has 5 heteroatoms. The molecular weight excluding hydrogens is 264 g/mol. The Labute approximate surface area is 123 Å². The molecule has 0 amide bonds. The van der Waals surface area contributed by atoms with E-state index < -0.39 is 0 Å². The number of aromatic nitrogens is 3. The molecule has 106 valence electrons. The minimum atomic E-state index is 0.725. The van der Waals surface area contributed by atoms with Gasteiger partial charge in [0, 0.05) is 12.7 Å². The van der Waals surface area contributed by atoms with Gasteiger partial charge in [0.2, 0.25) is 0 Å². The summed E-state index contributed by atoms with van der Waals surface area (Å²) < 4.78 is 5.08. The zero-order valence-corrected chi connectivity index (χ0v) is 11.7. The van der Waals surface area contributed by atoms with Crippen molar-refractivity contribution in [2.24, 2.45) is 0 Å². The maximum absolute atomic E-state index is 5.08. The fraction of sp³-hybridized carbons (Fsp3) is 0.125. The molecule has 1 aromatic carbocycles. The lowest BCUT2D eigenvalue weighted by Crippen LogP contribution is -2.01. The summed E-state index contributed by atoms with van der Waals surface area (Å²) in [5.41, 5.74) is 3.33. The minimum Gasteiger partial charge on any atom is -0.495 e. The van der Waals surface area contributed by atoms with Gasteiger partial charge < -0.3 is 10.1 Å². The van der Waals surface area contributed by atoms with Crippen molar-refractivity contribution in [3.05, 3.63) is 60.4 Å². The smallest absolute Gasteiger partial charge is 0.137 e. The Morgan fingerprint density at radius 3 is 2.57 bits per heavy atom. The number of ether oxygens (including phenoxy) is 1. The molecule has 3 aromatic rings. The second-order valence-electron chi connectivity index (χ2n) is 4.60. The molecule has 2 heterocycles. The van der Waals surface area contributed by atoms with Crippen LogP contribution in [0.25, 0.3) is 11.3 Å². The Morgan fingerprint density at radius 2 is 1.95 bits per heavy atom. The Kier molecular flexibility index (Phi) is 3.82. The van der Waals surface area contributed by atoms with E-state index in [0.717, 1.165) is 29.4 Å². The van der Waals surface area contributed by atoms with Crippen molar-refractivity contribution in [2.45, 2.75) is 6.54 Å². The highest BCUT2D eigenvalue weighted by Crippen LogP contribution is 2.17. The quantitative estimate of drug-likeness (QED) is 0.754. The summed E-state index contributed by atoms with van der Waals surface area (Å²) in [5, 5.41) is 10.2. The van der Waals surface area contributed by atoms with E-state index in [-0.39, 0.29) is 0 Å². The third-order valence-electron chi connectivity index (χ3n) is 3.21. The van der Waals surface area contributed by atoms with Crippen LogP contribution in [0.4, 0.5) is 5.82 Å². The first-order valence-corrected chi connectivity index (χ1v) is 6.68. The van der Waals surface area contributed by atoms with Crippen LogP contribution in [-0.2, 0) is 6.54 Å². The average molecular weight is 280 g/mol. The van der Waals surface area contributed by atoms with E-state index >= 15 is 0 Å². The highest BCUT2D eigenvalue weighted by Gasteiger charge is 2.00. The molecule has 0 saturated carbocycles. The third kappa shape index (κ3) is 3.20. The summed E-state index contributed by atoms with van der Waals surface area (Å²) in [6.07, 6.45) is 3.45. The molecule has 0 saturated heterocycles. The van der Waals surface area contributed by atoms with E-state index in [2.05, 4.69) is 44.8 Å². The van der Waals surface area contributed by atoms with Crippen LogP contribution in [0.1, 0.15) is 5.56 Å². The lowest BCUT2D eigenvalue weighted by molar-refractivity contribution is 0.413. The van der Waals surface area contributed by atoms with Crippen molar-refractivity contribution in [2.75, 3.05) is 12.4 Å². The van der Waals surface area contributed by atoms with Crippen molar-refractivity contribution in [1.29, 1.82) is 0 Å². The van der Waals surface area contributed by atoms with Gasteiger partial charge in [0.15, 0.2) is 0 Å². The molecule has 0 atom stereocenters. The van der Waals surface area contributed by atoms with Gasteiger partial charge >= 0.3 is 0 Å². The Bertz CT molecular complexity index is 675. The number of methoxy groups -OCH3 is 1. The number of hydrogen-bond donors (Lipinski definition) is 2. The SMILES string of the molecule is COc1ccc(NCc2ccc(-c3ccn[nH]3)cc2)nc1. The predicted molar refractivity (Wildman–Crippen MR) is 82.1 cm³/mol. The van der Waals surface area contributed by atoms with Crippen LogP contribution in [0.2, 0.25) is 0 Å². The summed E-state index contributed by atoms with van der Waals surface area (Å²) in [6, 6.07) is 14.1. The fourth-order valence-corrected chi connectivity index (χ4v) is 2.02. The summed E-state index contributed by atoms with van der Waals surface area (Å²) >= 11 is 0. The standard InChI is InChI=1S/C16H16N4O/c1-21-14-6-7-16(18-11-14)17-10-12-2-4-13(5-3-12)15-8-9-19-20-15/h2-9,11H,10H2,1H3,(H,17,18)(H,19,20). The van der Waals surface area contributed by atoms with Crippen molar-refractivity contribution in [3.8, 4) is 17.0 Å². The number of pyridine rings is 1. The Hall–Kier alpha value is -2.82. The fourth-order valence-electron chi connectivity index (χ4n) is 2.02. The molecule has 2 N–H and O–H groups in total. The zero-order valence-electron chi connectivity index (χ0n) is 11.7. The van der Waals surface area contributed by atoms with Gasteiger partial charge in [-0.25, -0.2) is 4.98 Å². The molecule has 0 radical (unpaired) electrons. The zero-order chi connectivity index (χ0) is 14.5. The van der Waals surface area contributed by atoms with Crippen LogP contribution in [0.5, 0.6) is 5.75 Å². The van der Waals surface area contributed by atoms with Crippen molar-refractivity contribution in [3.63, 3.8) is 0 Å². The maximum atomic E-state index is 5.08. The molecule has 5 nitrogen and oxygen atoms in total. The van der Waals surface area contributed by atoms with Crippen molar-refractivity contribution < 1.29 is 4.74 Å². The number of anilines is 1.